The lowest BCUT2D eigenvalue weighted by Crippen LogP contribution is -2.32. The third-order valence-corrected chi connectivity index (χ3v) is 5.31. The molecule has 0 bridgehead atoms. The van der Waals surface area contributed by atoms with E-state index in [2.05, 4.69) is 35.0 Å². The van der Waals surface area contributed by atoms with Crippen LogP contribution in [-0.2, 0) is 6.54 Å². The fraction of sp³-hybridized carbons (Fsp3) is 0.360. The van der Waals surface area contributed by atoms with E-state index in [4.69, 9.17) is 0 Å². The smallest absolute Gasteiger partial charge is 0.100 e. The standard InChI is InChI=1S/C25H29N5/c1-2-3-10-28-11-12-29-13-14-30-18-19-8-9-22-23(15-19)25(17-27)21-7-5-4-6-20(21)24(22)16-26/h4-9,15,28-30H,2-3,10-14,18H2,1H3. The zero-order valence-electron chi connectivity index (χ0n) is 17.6. The monoisotopic (exact) mass is 399 g/mol. The van der Waals surface area contributed by atoms with E-state index in [9.17, 15) is 10.5 Å². The van der Waals surface area contributed by atoms with Crippen molar-refractivity contribution < 1.29 is 0 Å². The fourth-order valence-corrected chi connectivity index (χ4v) is 3.71. The number of unbranched alkanes of at least 4 members (excludes halogenated alkanes) is 1. The molecule has 3 N–H and O–H groups in total. The molecular weight excluding hydrogens is 370 g/mol. The summed E-state index contributed by atoms with van der Waals surface area (Å²) in [4.78, 5) is 0. The molecule has 0 saturated heterocycles. The fourth-order valence-electron chi connectivity index (χ4n) is 3.71. The highest BCUT2D eigenvalue weighted by atomic mass is 15.0. The first-order chi connectivity index (χ1) is 14.8. The van der Waals surface area contributed by atoms with Gasteiger partial charge in [-0.25, -0.2) is 0 Å². The molecule has 0 spiro atoms. The van der Waals surface area contributed by atoms with Gasteiger partial charge in [-0.15, -0.1) is 0 Å². The van der Waals surface area contributed by atoms with Crippen molar-refractivity contribution in [1.82, 2.24) is 16.0 Å². The highest BCUT2D eigenvalue weighted by molar-refractivity contribution is 6.09. The van der Waals surface area contributed by atoms with Gasteiger partial charge in [0.15, 0.2) is 0 Å². The van der Waals surface area contributed by atoms with Crippen molar-refractivity contribution in [3.63, 3.8) is 0 Å². The maximum Gasteiger partial charge on any atom is 0.100 e. The van der Waals surface area contributed by atoms with E-state index in [1.165, 1.54) is 12.8 Å². The van der Waals surface area contributed by atoms with E-state index in [-0.39, 0.29) is 0 Å². The van der Waals surface area contributed by atoms with Gasteiger partial charge in [-0.3, -0.25) is 0 Å². The molecule has 3 aromatic carbocycles. The van der Waals surface area contributed by atoms with Crippen LogP contribution in [0, 0.1) is 22.7 Å². The van der Waals surface area contributed by atoms with Crippen molar-refractivity contribution in [3.05, 3.63) is 59.2 Å². The lowest BCUT2D eigenvalue weighted by atomic mass is 9.92. The molecule has 3 rings (SSSR count). The van der Waals surface area contributed by atoms with E-state index in [1.54, 1.807) is 0 Å². The molecule has 154 valence electrons. The predicted octanol–water partition coefficient (Wildman–Crippen LogP) is 3.81. The van der Waals surface area contributed by atoms with Crippen molar-refractivity contribution >= 4 is 21.5 Å². The molecule has 0 amide bonds. The van der Waals surface area contributed by atoms with Crippen LogP contribution in [0.5, 0.6) is 0 Å². The van der Waals surface area contributed by atoms with Gasteiger partial charge in [0.1, 0.15) is 12.1 Å². The van der Waals surface area contributed by atoms with Gasteiger partial charge in [-0.05, 0) is 24.6 Å². The molecule has 0 aliphatic heterocycles. The van der Waals surface area contributed by atoms with Gasteiger partial charge < -0.3 is 16.0 Å². The molecule has 0 aliphatic carbocycles. The molecule has 0 unspecified atom stereocenters. The van der Waals surface area contributed by atoms with Crippen LogP contribution in [0.15, 0.2) is 42.5 Å². The van der Waals surface area contributed by atoms with Crippen LogP contribution in [0.4, 0.5) is 0 Å². The minimum absolute atomic E-state index is 0.635. The van der Waals surface area contributed by atoms with E-state index in [0.29, 0.717) is 11.1 Å². The second-order valence-corrected chi connectivity index (χ2v) is 7.43. The van der Waals surface area contributed by atoms with Crippen LogP contribution in [-0.4, -0.2) is 32.7 Å². The maximum absolute atomic E-state index is 9.79. The zero-order chi connectivity index (χ0) is 21.2. The SMILES string of the molecule is CCCCNCCNCCNCc1ccc2c(C#N)c3ccccc3c(C#N)c2c1. The molecule has 30 heavy (non-hydrogen) atoms. The number of nitriles is 2. The molecular formula is C25H29N5. The Bertz CT molecular complexity index is 1070. The summed E-state index contributed by atoms with van der Waals surface area (Å²) in [7, 11) is 0. The summed E-state index contributed by atoms with van der Waals surface area (Å²) in [5, 5.41) is 33.2. The molecule has 0 heterocycles. The Hall–Kier alpha value is -2.96. The van der Waals surface area contributed by atoms with Gasteiger partial charge in [0.2, 0.25) is 0 Å². The Morgan fingerprint density at radius 1 is 0.700 bits per heavy atom. The van der Waals surface area contributed by atoms with Crippen LogP contribution in [0.2, 0.25) is 0 Å². The zero-order valence-corrected chi connectivity index (χ0v) is 17.6. The van der Waals surface area contributed by atoms with Gasteiger partial charge in [-0.1, -0.05) is 49.7 Å². The Morgan fingerprint density at radius 3 is 1.90 bits per heavy atom. The number of rotatable bonds is 11. The third kappa shape index (κ3) is 5.14. The van der Waals surface area contributed by atoms with Gasteiger partial charge in [0.05, 0.1) is 11.1 Å². The molecule has 0 aromatic heterocycles. The summed E-state index contributed by atoms with van der Waals surface area (Å²) in [6.07, 6.45) is 2.45. The lowest BCUT2D eigenvalue weighted by Gasteiger charge is -2.11. The number of nitrogens with one attached hydrogen (secondary N) is 3. The van der Waals surface area contributed by atoms with Crippen molar-refractivity contribution in [2.75, 3.05) is 32.7 Å². The molecule has 0 fully saturated rings. The molecule has 0 radical (unpaired) electrons. The van der Waals surface area contributed by atoms with E-state index < -0.39 is 0 Å². The van der Waals surface area contributed by atoms with E-state index in [1.807, 2.05) is 42.5 Å². The second-order valence-electron chi connectivity index (χ2n) is 7.43. The van der Waals surface area contributed by atoms with E-state index in [0.717, 1.165) is 66.4 Å². The van der Waals surface area contributed by atoms with Gasteiger partial charge in [0.25, 0.3) is 0 Å². The van der Waals surface area contributed by atoms with Crippen molar-refractivity contribution in [2.45, 2.75) is 26.3 Å². The Balaban J connectivity index is 1.63. The molecule has 5 nitrogen and oxygen atoms in total. The second kappa shape index (κ2) is 11.3. The summed E-state index contributed by atoms with van der Waals surface area (Å²) >= 11 is 0. The minimum atomic E-state index is 0.635. The quantitative estimate of drug-likeness (QED) is 0.337. The van der Waals surface area contributed by atoms with Gasteiger partial charge in [-0.2, -0.15) is 10.5 Å². The minimum Gasteiger partial charge on any atom is -0.315 e. The largest absolute Gasteiger partial charge is 0.315 e. The number of nitrogens with zero attached hydrogens (tertiary/aromatic N) is 2. The summed E-state index contributed by atoms with van der Waals surface area (Å²) < 4.78 is 0. The summed E-state index contributed by atoms with van der Waals surface area (Å²) in [6, 6.07) is 18.4. The Labute approximate surface area is 178 Å². The summed E-state index contributed by atoms with van der Waals surface area (Å²) in [5.74, 6) is 0. The molecule has 0 aliphatic rings. The number of hydrogen-bond acceptors (Lipinski definition) is 5. The number of hydrogen-bond donors (Lipinski definition) is 3. The van der Waals surface area contributed by atoms with Crippen LogP contribution in [0.3, 0.4) is 0 Å². The van der Waals surface area contributed by atoms with Crippen LogP contribution < -0.4 is 16.0 Å². The lowest BCUT2D eigenvalue weighted by molar-refractivity contribution is 0.572. The number of fused-ring (bicyclic) bond motifs is 2. The van der Waals surface area contributed by atoms with Gasteiger partial charge in [0, 0.05) is 54.3 Å². The predicted molar refractivity (Wildman–Crippen MR) is 123 cm³/mol. The van der Waals surface area contributed by atoms with Crippen molar-refractivity contribution in [3.8, 4) is 12.1 Å². The molecule has 3 aromatic rings. The van der Waals surface area contributed by atoms with Crippen molar-refractivity contribution in [2.24, 2.45) is 0 Å². The first kappa shape index (κ1) is 21.7. The van der Waals surface area contributed by atoms with E-state index >= 15 is 0 Å². The van der Waals surface area contributed by atoms with Crippen molar-refractivity contribution in [1.29, 1.82) is 10.5 Å². The van der Waals surface area contributed by atoms with Crippen LogP contribution in [0.1, 0.15) is 36.5 Å². The highest BCUT2D eigenvalue weighted by Gasteiger charge is 2.13. The van der Waals surface area contributed by atoms with Gasteiger partial charge >= 0.3 is 0 Å². The van der Waals surface area contributed by atoms with Crippen LogP contribution >= 0.6 is 0 Å². The topological polar surface area (TPSA) is 83.7 Å². The number of benzene rings is 3. The average molecular weight is 400 g/mol. The summed E-state index contributed by atoms with van der Waals surface area (Å²) in [5.41, 5.74) is 2.38. The normalized spacial score (nSPS) is 10.9. The summed E-state index contributed by atoms with van der Waals surface area (Å²) in [6.45, 7) is 7.77. The highest BCUT2D eigenvalue weighted by Crippen LogP contribution is 2.32. The Morgan fingerprint density at radius 2 is 1.27 bits per heavy atom. The Kier molecular flexibility index (Phi) is 8.18. The molecule has 5 heteroatoms. The van der Waals surface area contributed by atoms with Crippen LogP contribution in [0.25, 0.3) is 21.5 Å². The first-order valence-corrected chi connectivity index (χ1v) is 10.7. The average Bonchev–Trinajstić information content (AvgIpc) is 2.78. The molecule has 0 atom stereocenters. The maximum atomic E-state index is 9.79. The first-order valence-electron chi connectivity index (χ1n) is 10.7. The third-order valence-electron chi connectivity index (χ3n) is 5.31. The molecule has 0 saturated carbocycles.